The first-order chi connectivity index (χ1) is 9.11. The molecule has 0 aromatic heterocycles. The van der Waals surface area contributed by atoms with Crippen LogP contribution in [0.15, 0.2) is 42.5 Å². The number of hydrogen-bond donors (Lipinski definition) is 4. The van der Waals surface area contributed by atoms with Crippen molar-refractivity contribution in [3.8, 4) is 11.5 Å². The largest absolute Gasteiger partial charge is 0.507 e. The van der Waals surface area contributed by atoms with E-state index < -0.39 is 5.91 Å². The Labute approximate surface area is 109 Å². The Kier molecular flexibility index (Phi) is 3.68. The Morgan fingerprint density at radius 3 is 2.32 bits per heavy atom. The van der Waals surface area contributed by atoms with Gasteiger partial charge in [0.1, 0.15) is 17.1 Å². The SMILES string of the molecule is O=C(Nc1cccc(CO)c1)c1c(O)cccc1O. The van der Waals surface area contributed by atoms with Crippen LogP contribution in [0.2, 0.25) is 0 Å². The number of benzene rings is 2. The van der Waals surface area contributed by atoms with Crippen molar-refractivity contribution < 1.29 is 20.1 Å². The van der Waals surface area contributed by atoms with Gasteiger partial charge in [-0.1, -0.05) is 18.2 Å². The fourth-order valence-corrected chi connectivity index (χ4v) is 1.70. The fraction of sp³-hybridized carbons (Fsp3) is 0.0714. The first-order valence-electron chi connectivity index (χ1n) is 5.64. The average Bonchev–Trinajstić information content (AvgIpc) is 2.38. The Bertz CT molecular complexity index is 590. The van der Waals surface area contributed by atoms with Gasteiger partial charge in [0.05, 0.1) is 6.61 Å². The lowest BCUT2D eigenvalue weighted by Crippen LogP contribution is -2.12. The second-order valence-corrected chi connectivity index (χ2v) is 3.98. The van der Waals surface area contributed by atoms with Crippen LogP contribution in [0, 0.1) is 0 Å². The monoisotopic (exact) mass is 259 g/mol. The molecule has 98 valence electrons. The molecule has 2 aromatic carbocycles. The maximum Gasteiger partial charge on any atom is 0.263 e. The molecule has 0 saturated carbocycles. The number of nitrogens with one attached hydrogen (secondary N) is 1. The number of hydrogen-bond acceptors (Lipinski definition) is 4. The molecular weight excluding hydrogens is 246 g/mol. The molecule has 0 unspecified atom stereocenters. The lowest BCUT2D eigenvalue weighted by atomic mass is 10.1. The van der Waals surface area contributed by atoms with Crippen molar-refractivity contribution in [2.24, 2.45) is 0 Å². The van der Waals surface area contributed by atoms with Gasteiger partial charge in [0.25, 0.3) is 5.91 Å². The van der Waals surface area contributed by atoms with E-state index in [4.69, 9.17) is 5.11 Å². The molecule has 0 atom stereocenters. The molecule has 0 bridgehead atoms. The second-order valence-electron chi connectivity index (χ2n) is 3.98. The zero-order valence-electron chi connectivity index (χ0n) is 10.00. The minimum atomic E-state index is -0.620. The summed E-state index contributed by atoms with van der Waals surface area (Å²) >= 11 is 0. The van der Waals surface area contributed by atoms with Crippen LogP contribution in [0.5, 0.6) is 11.5 Å². The van der Waals surface area contributed by atoms with Gasteiger partial charge in [0, 0.05) is 5.69 Å². The van der Waals surface area contributed by atoms with Gasteiger partial charge in [0.2, 0.25) is 0 Å². The van der Waals surface area contributed by atoms with E-state index in [0.29, 0.717) is 11.3 Å². The Balaban J connectivity index is 2.26. The number of amides is 1. The zero-order valence-corrected chi connectivity index (χ0v) is 10.00. The first kappa shape index (κ1) is 12.9. The van der Waals surface area contributed by atoms with E-state index in [9.17, 15) is 15.0 Å². The van der Waals surface area contributed by atoms with E-state index in [1.54, 1.807) is 24.3 Å². The van der Waals surface area contributed by atoms with Gasteiger partial charge >= 0.3 is 0 Å². The van der Waals surface area contributed by atoms with Gasteiger partial charge in [-0.15, -0.1) is 0 Å². The van der Waals surface area contributed by atoms with Crippen molar-refractivity contribution in [2.45, 2.75) is 6.61 Å². The second kappa shape index (κ2) is 5.41. The fourth-order valence-electron chi connectivity index (χ4n) is 1.70. The van der Waals surface area contributed by atoms with Gasteiger partial charge in [-0.3, -0.25) is 4.79 Å². The summed E-state index contributed by atoms with van der Waals surface area (Å²) in [6.45, 7) is -0.133. The van der Waals surface area contributed by atoms with E-state index >= 15 is 0 Å². The molecule has 2 aromatic rings. The summed E-state index contributed by atoms with van der Waals surface area (Å²) in [4.78, 5) is 12.0. The third kappa shape index (κ3) is 2.83. The lowest BCUT2D eigenvalue weighted by molar-refractivity contribution is 0.102. The standard InChI is InChI=1S/C14H13NO4/c16-8-9-3-1-4-10(7-9)15-14(19)13-11(17)5-2-6-12(13)18/h1-7,16-18H,8H2,(H,15,19). The number of anilines is 1. The summed E-state index contributed by atoms with van der Waals surface area (Å²) in [6, 6.07) is 10.7. The van der Waals surface area contributed by atoms with E-state index in [1.165, 1.54) is 18.2 Å². The number of phenolic OH excluding ortho intramolecular Hbond substituents is 2. The molecule has 19 heavy (non-hydrogen) atoms. The van der Waals surface area contributed by atoms with Crippen molar-refractivity contribution in [1.29, 1.82) is 0 Å². The summed E-state index contributed by atoms with van der Waals surface area (Å²) in [5, 5.41) is 30.7. The summed E-state index contributed by atoms with van der Waals surface area (Å²) in [6.07, 6.45) is 0. The molecular formula is C14H13NO4. The van der Waals surface area contributed by atoms with E-state index in [2.05, 4.69) is 5.32 Å². The van der Waals surface area contributed by atoms with Crippen molar-refractivity contribution in [3.05, 3.63) is 53.6 Å². The molecule has 0 aliphatic carbocycles. The van der Waals surface area contributed by atoms with E-state index in [0.717, 1.165) is 0 Å². The number of aliphatic hydroxyl groups excluding tert-OH is 1. The summed E-state index contributed by atoms with van der Waals surface area (Å²) in [7, 11) is 0. The molecule has 5 heteroatoms. The van der Waals surface area contributed by atoms with Gasteiger partial charge in [-0.25, -0.2) is 0 Å². The minimum absolute atomic E-state index is 0.133. The Morgan fingerprint density at radius 2 is 1.68 bits per heavy atom. The molecule has 0 aliphatic rings. The Hall–Kier alpha value is -2.53. The molecule has 0 heterocycles. The highest BCUT2D eigenvalue weighted by molar-refractivity contribution is 6.08. The van der Waals surface area contributed by atoms with Gasteiger partial charge in [-0.05, 0) is 29.8 Å². The van der Waals surface area contributed by atoms with Crippen LogP contribution in [0.3, 0.4) is 0 Å². The molecule has 1 amide bonds. The highest BCUT2D eigenvalue weighted by Gasteiger charge is 2.16. The predicted molar refractivity (Wildman–Crippen MR) is 70.1 cm³/mol. The molecule has 0 spiro atoms. The maximum atomic E-state index is 12.0. The normalized spacial score (nSPS) is 10.2. The number of rotatable bonds is 3. The molecule has 2 rings (SSSR count). The number of carbonyl (C=O) groups is 1. The topological polar surface area (TPSA) is 89.8 Å². The third-order valence-electron chi connectivity index (χ3n) is 2.61. The van der Waals surface area contributed by atoms with Gasteiger partial charge in [0.15, 0.2) is 0 Å². The van der Waals surface area contributed by atoms with Crippen LogP contribution < -0.4 is 5.32 Å². The summed E-state index contributed by atoms with van der Waals surface area (Å²) < 4.78 is 0. The van der Waals surface area contributed by atoms with E-state index in [-0.39, 0.29) is 23.7 Å². The quantitative estimate of drug-likeness (QED) is 0.677. The van der Waals surface area contributed by atoms with E-state index in [1.807, 2.05) is 0 Å². The minimum Gasteiger partial charge on any atom is -0.507 e. The van der Waals surface area contributed by atoms with Crippen molar-refractivity contribution >= 4 is 11.6 Å². The van der Waals surface area contributed by atoms with Crippen molar-refractivity contribution in [1.82, 2.24) is 0 Å². The summed E-state index contributed by atoms with van der Waals surface area (Å²) in [5.74, 6) is -1.21. The van der Waals surface area contributed by atoms with Crippen LogP contribution >= 0.6 is 0 Å². The number of phenols is 2. The van der Waals surface area contributed by atoms with Crippen LogP contribution in [-0.4, -0.2) is 21.2 Å². The predicted octanol–water partition coefficient (Wildman–Crippen LogP) is 1.84. The average molecular weight is 259 g/mol. The smallest absolute Gasteiger partial charge is 0.263 e. The van der Waals surface area contributed by atoms with Gasteiger partial charge in [-0.2, -0.15) is 0 Å². The number of aromatic hydroxyl groups is 2. The van der Waals surface area contributed by atoms with Crippen molar-refractivity contribution in [2.75, 3.05) is 5.32 Å². The zero-order chi connectivity index (χ0) is 13.8. The summed E-state index contributed by atoms with van der Waals surface area (Å²) in [5.41, 5.74) is 0.940. The maximum absolute atomic E-state index is 12.0. The lowest BCUT2D eigenvalue weighted by Gasteiger charge is -2.09. The van der Waals surface area contributed by atoms with Crippen LogP contribution in [0.1, 0.15) is 15.9 Å². The first-order valence-corrected chi connectivity index (χ1v) is 5.64. The van der Waals surface area contributed by atoms with Crippen molar-refractivity contribution in [3.63, 3.8) is 0 Å². The highest BCUT2D eigenvalue weighted by Crippen LogP contribution is 2.27. The molecule has 0 saturated heterocycles. The highest BCUT2D eigenvalue weighted by atomic mass is 16.3. The molecule has 0 radical (unpaired) electrons. The van der Waals surface area contributed by atoms with Crippen LogP contribution in [-0.2, 0) is 6.61 Å². The van der Waals surface area contributed by atoms with Crippen LogP contribution in [0.25, 0.3) is 0 Å². The number of carbonyl (C=O) groups excluding carboxylic acids is 1. The molecule has 4 N–H and O–H groups in total. The molecule has 0 aliphatic heterocycles. The third-order valence-corrected chi connectivity index (χ3v) is 2.61. The number of aliphatic hydroxyl groups is 1. The Morgan fingerprint density at radius 1 is 1.05 bits per heavy atom. The van der Waals surface area contributed by atoms with Crippen LogP contribution in [0.4, 0.5) is 5.69 Å². The van der Waals surface area contributed by atoms with Gasteiger partial charge < -0.3 is 20.6 Å². The molecule has 0 fully saturated rings. The molecule has 5 nitrogen and oxygen atoms in total.